The number of thiazole rings is 1. The molecule has 2 aromatic heterocycles. The molecule has 12 heteroatoms. The van der Waals surface area contributed by atoms with Crippen LogP contribution < -0.4 is 24.4 Å². The van der Waals surface area contributed by atoms with Gasteiger partial charge in [-0.05, 0) is 37.6 Å². The molecule has 0 radical (unpaired) electrons. The van der Waals surface area contributed by atoms with Crippen LogP contribution in [0.2, 0.25) is 0 Å². The summed E-state index contributed by atoms with van der Waals surface area (Å²) in [5.74, 6) is 0.0752. The van der Waals surface area contributed by atoms with E-state index in [1.807, 2.05) is 13.8 Å². The second-order valence-electron chi connectivity index (χ2n) is 7.18. The highest BCUT2D eigenvalue weighted by Gasteiger charge is 2.31. The summed E-state index contributed by atoms with van der Waals surface area (Å²) in [4.78, 5) is 40.9. The molecule has 35 heavy (non-hydrogen) atoms. The topological polar surface area (TPSA) is 135 Å². The Labute approximate surface area is 202 Å². The van der Waals surface area contributed by atoms with Gasteiger partial charge < -0.3 is 18.6 Å². The lowest BCUT2D eigenvalue weighted by Gasteiger charge is -2.23. The average Bonchev–Trinajstić information content (AvgIpc) is 3.44. The number of aromatic nitrogens is 1. The standard InChI is InChI=1S/C23H21N3O8S/c1-4-32-16-8-6-13(10-17(16)33-5-2)20-15(22(28)31-3)12-24-23-25(20)21(27)18(35-23)11-14-7-9-19(34-14)26(29)30/h6-12,20H,4-5H2,1-3H3/b18-11-/t20-/m0/s1. The first-order chi connectivity index (χ1) is 16.9. The van der Waals surface area contributed by atoms with Crippen molar-refractivity contribution in [2.75, 3.05) is 20.3 Å². The van der Waals surface area contributed by atoms with Gasteiger partial charge in [0, 0.05) is 12.3 Å². The number of hydrogen-bond acceptors (Lipinski definition) is 10. The van der Waals surface area contributed by atoms with Crippen molar-refractivity contribution in [1.29, 1.82) is 0 Å². The van der Waals surface area contributed by atoms with Crippen molar-refractivity contribution < 1.29 is 28.3 Å². The number of nitrogens with zero attached hydrogens (tertiary/aromatic N) is 3. The zero-order valence-electron chi connectivity index (χ0n) is 19.0. The van der Waals surface area contributed by atoms with Crippen LogP contribution in [0.3, 0.4) is 0 Å². The van der Waals surface area contributed by atoms with E-state index >= 15 is 0 Å². The van der Waals surface area contributed by atoms with Gasteiger partial charge in [0.05, 0.1) is 42.5 Å². The number of rotatable bonds is 8. The SMILES string of the molecule is CCOc1ccc([C@H]2C(C(=O)OC)=CN=c3s/c(=C\c4ccc([N+](=O)[O-])o4)c(=O)n32)cc1OCC. The van der Waals surface area contributed by atoms with Crippen LogP contribution in [0, 0.1) is 10.1 Å². The molecule has 1 aliphatic rings. The Balaban J connectivity index is 1.89. The molecule has 4 rings (SSSR count). The molecule has 182 valence electrons. The minimum absolute atomic E-state index is 0.144. The van der Waals surface area contributed by atoms with Gasteiger partial charge in [-0.2, -0.15) is 0 Å². The second-order valence-corrected chi connectivity index (χ2v) is 8.19. The molecule has 0 fully saturated rings. The van der Waals surface area contributed by atoms with Gasteiger partial charge >= 0.3 is 11.9 Å². The molecule has 0 N–H and O–H groups in total. The summed E-state index contributed by atoms with van der Waals surface area (Å²) in [6.45, 7) is 4.52. The van der Waals surface area contributed by atoms with E-state index in [0.29, 0.717) is 35.1 Å². The zero-order valence-corrected chi connectivity index (χ0v) is 19.9. The predicted octanol–water partition coefficient (Wildman–Crippen LogP) is 2.32. The summed E-state index contributed by atoms with van der Waals surface area (Å²) in [5.41, 5.74) is 0.302. The van der Waals surface area contributed by atoms with Gasteiger partial charge in [-0.25, -0.2) is 9.79 Å². The molecule has 0 unspecified atom stereocenters. The Morgan fingerprint density at radius 3 is 2.63 bits per heavy atom. The Bertz CT molecular complexity index is 1500. The third-order valence-corrected chi connectivity index (χ3v) is 6.07. The number of carbonyl (C=O) groups excluding carboxylic acids is 1. The summed E-state index contributed by atoms with van der Waals surface area (Å²) in [6.07, 6.45) is 2.78. The molecule has 0 spiro atoms. The van der Waals surface area contributed by atoms with E-state index in [0.717, 1.165) is 11.3 Å². The first-order valence-corrected chi connectivity index (χ1v) is 11.4. The van der Waals surface area contributed by atoms with Crippen molar-refractivity contribution in [1.82, 2.24) is 4.57 Å². The number of esters is 1. The average molecular weight is 500 g/mol. The van der Waals surface area contributed by atoms with Crippen molar-refractivity contribution >= 4 is 29.3 Å². The van der Waals surface area contributed by atoms with Gasteiger partial charge in [-0.1, -0.05) is 17.4 Å². The largest absolute Gasteiger partial charge is 0.490 e. The highest BCUT2D eigenvalue weighted by Crippen LogP contribution is 2.35. The van der Waals surface area contributed by atoms with Crippen LogP contribution in [0.5, 0.6) is 11.5 Å². The smallest absolute Gasteiger partial charge is 0.433 e. The maximum absolute atomic E-state index is 13.5. The van der Waals surface area contributed by atoms with Crippen molar-refractivity contribution in [2.24, 2.45) is 4.99 Å². The van der Waals surface area contributed by atoms with E-state index in [4.69, 9.17) is 18.6 Å². The summed E-state index contributed by atoms with van der Waals surface area (Å²) in [6, 6.07) is 6.94. The Kier molecular flexibility index (Phi) is 6.82. The van der Waals surface area contributed by atoms with Crippen molar-refractivity contribution in [3.05, 3.63) is 83.2 Å². The highest BCUT2D eigenvalue weighted by atomic mass is 32.1. The van der Waals surface area contributed by atoms with Crippen LogP contribution in [-0.4, -0.2) is 35.8 Å². The number of nitro groups is 1. The van der Waals surface area contributed by atoms with Crippen LogP contribution in [0.15, 0.2) is 56.3 Å². The number of hydrogen-bond donors (Lipinski definition) is 0. The normalized spacial score (nSPS) is 15.1. The molecule has 0 aliphatic carbocycles. The molecule has 1 aromatic carbocycles. The van der Waals surface area contributed by atoms with Gasteiger partial charge in [-0.3, -0.25) is 19.5 Å². The number of benzene rings is 1. The minimum atomic E-state index is -0.846. The summed E-state index contributed by atoms with van der Waals surface area (Å²) in [7, 11) is 1.25. The van der Waals surface area contributed by atoms with E-state index < -0.39 is 28.4 Å². The highest BCUT2D eigenvalue weighted by molar-refractivity contribution is 7.07. The summed E-state index contributed by atoms with van der Waals surface area (Å²) >= 11 is 1.07. The third-order valence-electron chi connectivity index (χ3n) is 5.07. The number of methoxy groups -OCH3 is 1. The fraction of sp³-hybridized carbons (Fsp3) is 0.261. The van der Waals surface area contributed by atoms with Crippen LogP contribution in [0.25, 0.3) is 6.08 Å². The Morgan fingerprint density at radius 2 is 1.97 bits per heavy atom. The number of ether oxygens (including phenoxy) is 3. The maximum atomic E-state index is 13.5. The first-order valence-electron chi connectivity index (χ1n) is 10.6. The lowest BCUT2D eigenvalue weighted by Crippen LogP contribution is -2.39. The van der Waals surface area contributed by atoms with Crippen LogP contribution in [-0.2, 0) is 9.53 Å². The molecule has 0 saturated carbocycles. The predicted molar refractivity (Wildman–Crippen MR) is 125 cm³/mol. The Morgan fingerprint density at radius 1 is 1.23 bits per heavy atom. The van der Waals surface area contributed by atoms with Crippen LogP contribution >= 0.6 is 11.3 Å². The number of carbonyl (C=O) groups is 1. The lowest BCUT2D eigenvalue weighted by atomic mass is 9.97. The first kappa shape index (κ1) is 24.0. The molecule has 0 saturated heterocycles. The number of fused-ring (bicyclic) bond motifs is 1. The van der Waals surface area contributed by atoms with Gasteiger partial charge in [0.15, 0.2) is 16.3 Å². The fourth-order valence-corrected chi connectivity index (χ4v) is 4.58. The maximum Gasteiger partial charge on any atom is 0.433 e. The zero-order chi connectivity index (χ0) is 25.1. The van der Waals surface area contributed by atoms with E-state index in [1.165, 1.54) is 36.1 Å². The quantitative estimate of drug-likeness (QED) is 0.262. The number of furan rings is 1. The molecule has 0 bridgehead atoms. The van der Waals surface area contributed by atoms with Gasteiger partial charge in [0.1, 0.15) is 10.7 Å². The molecule has 11 nitrogen and oxygen atoms in total. The van der Waals surface area contributed by atoms with Crippen molar-refractivity contribution in [3.63, 3.8) is 0 Å². The van der Waals surface area contributed by atoms with Gasteiger partial charge in [-0.15, -0.1) is 0 Å². The van der Waals surface area contributed by atoms with E-state index in [9.17, 15) is 19.7 Å². The Hall–Kier alpha value is -4.19. The fourth-order valence-electron chi connectivity index (χ4n) is 3.63. The van der Waals surface area contributed by atoms with E-state index in [2.05, 4.69) is 4.99 Å². The molecule has 1 atom stereocenters. The third kappa shape index (κ3) is 4.60. The van der Waals surface area contributed by atoms with Gasteiger partial charge in [0.25, 0.3) is 5.56 Å². The second kappa shape index (κ2) is 9.97. The molecular formula is C23H21N3O8S. The van der Waals surface area contributed by atoms with Crippen molar-refractivity contribution in [2.45, 2.75) is 19.9 Å². The van der Waals surface area contributed by atoms with Crippen molar-refractivity contribution in [3.8, 4) is 11.5 Å². The van der Waals surface area contributed by atoms with E-state index in [1.54, 1.807) is 18.2 Å². The van der Waals surface area contributed by atoms with E-state index in [-0.39, 0.29) is 15.9 Å². The molecule has 3 heterocycles. The lowest BCUT2D eigenvalue weighted by molar-refractivity contribution is -0.402. The van der Waals surface area contributed by atoms with Crippen LogP contribution in [0.4, 0.5) is 5.88 Å². The molecule has 0 amide bonds. The van der Waals surface area contributed by atoms with Crippen LogP contribution in [0.1, 0.15) is 31.2 Å². The summed E-state index contributed by atoms with van der Waals surface area (Å²) in [5, 5.41) is 10.9. The summed E-state index contributed by atoms with van der Waals surface area (Å²) < 4.78 is 23.1. The molecule has 1 aliphatic heterocycles. The molecule has 3 aromatic rings. The molecular weight excluding hydrogens is 478 g/mol. The minimum Gasteiger partial charge on any atom is -0.490 e. The van der Waals surface area contributed by atoms with Gasteiger partial charge in [0.2, 0.25) is 0 Å². The monoisotopic (exact) mass is 499 g/mol.